The van der Waals surface area contributed by atoms with Crippen molar-refractivity contribution in [3.8, 4) is 0 Å². The first-order valence-corrected chi connectivity index (χ1v) is 7.46. The van der Waals surface area contributed by atoms with E-state index in [9.17, 15) is 4.79 Å². The van der Waals surface area contributed by atoms with E-state index in [0.29, 0.717) is 17.2 Å². The van der Waals surface area contributed by atoms with Crippen LogP contribution < -0.4 is 5.73 Å². The topological polar surface area (TPSA) is 84.8 Å². The molecule has 2 aromatic rings. The molecular weight excluding hydrogens is 300 g/mol. The van der Waals surface area contributed by atoms with Gasteiger partial charge in [0, 0.05) is 6.21 Å². The normalized spacial score (nSPS) is 12.1. The lowest BCUT2D eigenvalue weighted by Gasteiger charge is -2.06. The number of benzene rings is 1. The average Bonchev–Trinajstić information content (AvgIpc) is 2.90. The zero-order valence-electron chi connectivity index (χ0n) is 13.8. The summed E-state index contributed by atoms with van der Waals surface area (Å²) >= 11 is 0. The molecule has 1 aromatic heterocycles. The molecule has 2 rings (SSSR count). The van der Waals surface area contributed by atoms with Gasteiger partial charge in [-0.25, -0.2) is 4.98 Å². The lowest BCUT2D eigenvalue weighted by atomic mass is 10.1. The Bertz CT molecular complexity index is 842. The third-order valence-corrected chi connectivity index (χ3v) is 3.60. The van der Waals surface area contributed by atoms with E-state index < -0.39 is 5.91 Å². The van der Waals surface area contributed by atoms with Crippen LogP contribution in [0.15, 0.2) is 48.7 Å². The molecule has 5 nitrogen and oxygen atoms in total. The number of hydrogen-bond donors (Lipinski definition) is 2. The lowest BCUT2D eigenvalue weighted by molar-refractivity contribution is 0.0950. The largest absolute Gasteiger partial charge is 0.394 e. The van der Waals surface area contributed by atoms with Crippen molar-refractivity contribution in [3.63, 3.8) is 0 Å². The monoisotopic (exact) mass is 320 g/mol. The number of nitrogens with one attached hydrogen (secondary N) is 1. The summed E-state index contributed by atoms with van der Waals surface area (Å²) in [7, 11) is 0. The predicted molar refractivity (Wildman–Crippen MR) is 98.7 cm³/mol. The Morgan fingerprint density at radius 2 is 2.00 bits per heavy atom. The summed E-state index contributed by atoms with van der Waals surface area (Å²) in [6, 6.07) is 9.93. The molecule has 0 amide bonds. The fourth-order valence-electron chi connectivity index (χ4n) is 2.41. The number of carbonyl (C=O) groups excluding carboxylic acids is 1. The molecule has 5 heteroatoms. The third kappa shape index (κ3) is 3.41. The maximum atomic E-state index is 12.5. The zero-order valence-corrected chi connectivity index (χ0v) is 13.8. The molecule has 0 saturated carbocycles. The van der Waals surface area contributed by atoms with E-state index in [-0.39, 0.29) is 5.70 Å². The van der Waals surface area contributed by atoms with Crippen molar-refractivity contribution in [1.29, 1.82) is 5.41 Å². The van der Waals surface area contributed by atoms with Crippen LogP contribution in [-0.4, -0.2) is 21.7 Å². The third-order valence-electron chi connectivity index (χ3n) is 3.60. The first-order valence-electron chi connectivity index (χ1n) is 7.46. The minimum atomic E-state index is -0.421. The van der Waals surface area contributed by atoms with Gasteiger partial charge >= 0.3 is 0 Å². The first kappa shape index (κ1) is 17.1. The van der Waals surface area contributed by atoms with Crippen LogP contribution >= 0.6 is 0 Å². The van der Waals surface area contributed by atoms with Crippen molar-refractivity contribution < 1.29 is 4.79 Å². The summed E-state index contributed by atoms with van der Waals surface area (Å²) in [6.45, 7) is 7.51. The van der Waals surface area contributed by atoms with Crippen LogP contribution in [-0.2, 0) is 0 Å². The summed E-state index contributed by atoms with van der Waals surface area (Å²) in [4.78, 5) is 16.9. The fourth-order valence-corrected chi connectivity index (χ4v) is 2.41. The molecule has 0 fully saturated rings. The maximum Gasteiger partial charge on any atom is 0.279 e. The minimum absolute atomic E-state index is 0.0242. The summed E-state index contributed by atoms with van der Waals surface area (Å²) < 4.78 is 1.41. The van der Waals surface area contributed by atoms with Crippen LogP contribution in [0.2, 0.25) is 0 Å². The number of hydrogen-bond acceptors (Lipinski definition) is 4. The smallest absolute Gasteiger partial charge is 0.279 e. The highest BCUT2D eigenvalue weighted by Gasteiger charge is 2.18. The highest BCUT2D eigenvalue weighted by molar-refractivity contribution is 5.99. The Balaban J connectivity index is 2.53. The first-order chi connectivity index (χ1) is 11.5. The number of rotatable bonds is 5. The number of aromatic nitrogens is 2. The van der Waals surface area contributed by atoms with E-state index in [1.165, 1.54) is 10.6 Å². The molecule has 0 radical (unpaired) electrons. The molecule has 0 unspecified atom stereocenters. The highest BCUT2D eigenvalue weighted by atomic mass is 16.2. The van der Waals surface area contributed by atoms with Crippen molar-refractivity contribution in [3.05, 3.63) is 71.5 Å². The Morgan fingerprint density at radius 1 is 1.33 bits per heavy atom. The Labute approximate surface area is 141 Å². The van der Waals surface area contributed by atoms with Crippen LogP contribution in [0.5, 0.6) is 0 Å². The molecule has 0 aliphatic rings. The molecule has 24 heavy (non-hydrogen) atoms. The zero-order chi connectivity index (χ0) is 17.7. The van der Waals surface area contributed by atoms with Crippen molar-refractivity contribution in [2.45, 2.75) is 13.8 Å². The molecule has 3 N–H and O–H groups in total. The van der Waals surface area contributed by atoms with Gasteiger partial charge in [-0.2, -0.15) is 0 Å². The average molecular weight is 320 g/mol. The van der Waals surface area contributed by atoms with Crippen LogP contribution in [0.4, 0.5) is 0 Å². The number of carbonyl (C=O) groups is 1. The number of imidazole rings is 1. The summed E-state index contributed by atoms with van der Waals surface area (Å²) in [5.41, 5.74) is 9.03. The number of nitrogens with two attached hydrogens (primary N) is 1. The van der Waals surface area contributed by atoms with Crippen LogP contribution in [0.1, 0.15) is 34.5 Å². The van der Waals surface area contributed by atoms with Crippen LogP contribution in [0.25, 0.3) is 17.7 Å². The molecule has 0 saturated heterocycles. The molecule has 1 heterocycles. The van der Waals surface area contributed by atoms with Gasteiger partial charge in [0.1, 0.15) is 5.82 Å². The van der Waals surface area contributed by atoms with Crippen molar-refractivity contribution in [1.82, 2.24) is 9.55 Å². The van der Waals surface area contributed by atoms with E-state index in [1.54, 1.807) is 13.0 Å². The second-order valence-corrected chi connectivity index (χ2v) is 5.26. The van der Waals surface area contributed by atoms with Gasteiger partial charge in [0.05, 0.1) is 17.1 Å². The molecule has 122 valence electrons. The summed E-state index contributed by atoms with van der Waals surface area (Å²) in [5.74, 6) is 0.0961. The van der Waals surface area contributed by atoms with Crippen LogP contribution in [0.3, 0.4) is 0 Å². The Morgan fingerprint density at radius 3 is 2.58 bits per heavy atom. The van der Waals surface area contributed by atoms with Gasteiger partial charge in [-0.3, -0.25) is 9.36 Å². The Hall–Kier alpha value is -3.21. The number of allylic oxidation sites excluding steroid dienone is 3. The minimum Gasteiger partial charge on any atom is -0.394 e. The quantitative estimate of drug-likeness (QED) is 0.653. The Kier molecular flexibility index (Phi) is 5.27. The SMILES string of the molecule is C=Cc1c(/C=C(\C)c2ccccc2)nc(C)n1C(=O)/C(N)=C/C=N. The van der Waals surface area contributed by atoms with E-state index in [2.05, 4.69) is 11.6 Å². The molecule has 0 atom stereocenters. The summed E-state index contributed by atoms with van der Waals surface area (Å²) in [6.07, 6.45) is 5.73. The van der Waals surface area contributed by atoms with Gasteiger partial charge < -0.3 is 11.1 Å². The lowest BCUT2D eigenvalue weighted by Crippen LogP contribution is -2.21. The van der Waals surface area contributed by atoms with E-state index >= 15 is 0 Å². The van der Waals surface area contributed by atoms with Gasteiger partial charge in [0.2, 0.25) is 0 Å². The summed E-state index contributed by atoms with van der Waals surface area (Å²) in [5, 5.41) is 7.05. The van der Waals surface area contributed by atoms with Gasteiger partial charge in [-0.1, -0.05) is 36.9 Å². The van der Waals surface area contributed by atoms with Crippen molar-refractivity contribution in [2.24, 2.45) is 5.73 Å². The van der Waals surface area contributed by atoms with Gasteiger partial charge in [-0.05, 0) is 43.2 Å². The molecule has 0 aliphatic carbocycles. The number of nitrogens with zero attached hydrogens (tertiary/aromatic N) is 2. The van der Waals surface area contributed by atoms with Gasteiger partial charge in [-0.15, -0.1) is 0 Å². The van der Waals surface area contributed by atoms with E-state index in [4.69, 9.17) is 11.1 Å². The van der Waals surface area contributed by atoms with Crippen molar-refractivity contribution >= 4 is 29.8 Å². The molecule has 0 bridgehead atoms. The van der Waals surface area contributed by atoms with E-state index in [0.717, 1.165) is 17.4 Å². The van der Waals surface area contributed by atoms with E-state index in [1.807, 2.05) is 43.3 Å². The molecule has 1 aromatic carbocycles. The van der Waals surface area contributed by atoms with Gasteiger partial charge in [0.15, 0.2) is 0 Å². The second-order valence-electron chi connectivity index (χ2n) is 5.26. The molecule has 0 spiro atoms. The predicted octanol–water partition coefficient (Wildman–Crippen LogP) is 3.53. The maximum absolute atomic E-state index is 12.5. The highest BCUT2D eigenvalue weighted by Crippen LogP contribution is 2.21. The van der Waals surface area contributed by atoms with Gasteiger partial charge in [0.25, 0.3) is 5.91 Å². The second kappa shape index (κ2) is 7.37. The molecular formula is C19H20N4O. The molecule has 0 aliphatic heterocycles. The fraction of sp³-hybridized carbons (Fsp3) is 0.105. The standard InChI is InChI=1S/C19H20N4O/c1-4-18-17(12-13(2)15-8-6-5-7-9-15)22-14(3)23(18)19(24)16(21)10-11-20/h4-12,20H,1,21H2,2-3H3/b13-12+,16-10-,20-11?. The van der Waals surface area contributed by atoms with Crippen LogP contribution in [0, 0.1) is 12.3 Å². The number of aryl methyl sites for hydroxylation is 1. The van der Waals surface area contributed by atoms with Crippen molar-refractivity contribution in [2.75, 3.05) is 0 Å².